The van der Waals surface area contributed by atoms with Gasteiger partial charge in [0, 0.05) is 26.2 Å². The van der Waals surface area contributed by atoms with E-state index >= 15 is 0 Å². The van der Waals surface area contributed by atoms with Gasteiger partial charge in [0.2, 0.25) is 5.82 Å². The quantitative estimate of drug-likeness (QED) is 0.682. The Kier molecular flexibility index (Phi) is 6.30. The molecule has 0 spiro atoms. The number of rotatable bonds is 6. The van der Waals surface area contributed by atoms with E-state index in [4.69, 9.17) is 0 Å². The molecule has 0 atom stereocenters. The zero-order chi connectivity index (χ0) is 21.8. The van der Waals surface area contributed by atoms with Crippen LogP contribution in [0.5, 0.6) is 0 Å². The van der Waals surface area contributed by atoms with Crippen molar-refractivity contribution in [3.05, 3.63) is 76.9 Å². The summed E-state index contributed by atoms with van der Waals surface area (Å²) in [5, 5.41) is 7.28. The van der Waals surface area contributed by atoms with Crippen LogP contribution < -0.4 is 5.32 Å². The van der Waals surface area contributed by atoms with Crippen LogP contribution in [0.1, 0.15) is 57.7 Å². The highest BCUT2D eigenvalue weighted by molar-refractivity contribution is 5.94. The number of hydrogen-bond donors (Lipinski definition) is 1. The lowest BCUT2D eigenvalue weighted by molar-refractivity contribution is 0.0827. The predicted molar refractivity (Wildman–Crippen MR) is 116 cm³/mol. The fraction of sp³-hybridized carbons (Fsp3) is 0.304. The molecule has 2 amide bonds. The number of amides is 2. The maximum Gasteiger partial charge on any atom is 0.291 e. The largest absolute Gasteiger partial charge is 0.345 e. The Bertz CT molecular complexity index is 1050. The highest BCUT2D eigenvalue weighted by Gasteiger charge is 2.17. The van der Waals surface area contributed by atoms with Crippen LogP contribution in [0.15, 0.2) is 48.5 Å². The molecule has 3 rings (SSSR count). The van der Waals surface area contributed by atoms with Gasteiger partial charge in [-0.2, -0.15) is 0 Å². The van der Waals surface area contributed by atoms with Crippen molar-refractivity contribution >= 4 is 11.8 Å². The molecule has 0 aliphatic carbocycles. The number of para-hydroxylation sites is 1. The molecule has 7 heteroatoms. The van der Waals surface area contributed by atoms with Crippen molar-refractivity contribution in [3.63, 3.8) is 0 Å². The van der Waals surface area contributed by atoms with Crippen molar-refractivity contribution in [1.29, 1.82) is 0 Å². The van der Waals surface area contributed by atoms with E-state index in [0.717, 1.165) is 16.8 Å². The Labute approximate surface area is 176 Å². The SMILES string of the molecule is Cc1nc(C(=O)NCc2ccc(C(=O)N(C)C)cc2)nn1-c1ccccc1C(C)C. The Morgan fingerprint density at radius 3 is 2.37 bits per heavy atom. The maximum absolute atomic E-state index is 12.6. The van der Waals surface area contributed by atoms with Crippen LogP contribution in [0, 0.1) is 6.92 Å². The van der Waals surface area contributed by atoms with E-state index in [9.17, 15) is 9.59 Å². The fourth-order valence-electron chi connectivity index (χ4n) is 3.17. The molecule has 3 aromatic rings. The summed E-state index contributed by atoms with van der Waals surface area (Å²) in [4.78, 5) is 30.4. The fourth-order valence-corrected chi connectivity index (χ4v) is 3.17. The van der Waals surface area contributed by atoms with Gasteiger partial charge in [0.15, 0.2) is 0 Å². The average molecular weight is 406 g/mol. The number of aryl methyl sites for hydroxylation is 1. The van der Waals surface area contributed by atoms with Crippen molar-refractivity contribution in [2.45, 2.75) is 33.2 Å². The van der Waals surface area contributed by atoms with E-state index in [1.807, 2.05) is 37.3 Å². The van der Waals surface area contributed by atoms with Gasteiger partial charge >= 0.3 is 0 Å². The number of nitrogens with zero attached hydrogens (tertiary/aromatic N) is 4. The minimum atomic E-state index is -0.340. The molecule has 1 aromatic heterocycles. The van der Waals surface area contributed by atoms with Gasteiger partial charge in [-0.05, 0) is 42.2 Å². The lowest BCUT2D eigenvalue weighted by Gasteiger charge is -2.12. The summed E-state index contributed by atoms with van der Waals surface area (Å²) in [6, 6.07) is 15.2. The van der Waals surface area contributed by atoms with Gasteiger partial charge in [-0.3, -0.25) is 9.59 Å². The molecule has 0 bridgehead atoms. The average Bonchev–Trinajstić information content (AvgIpc) is 3.13. The van der Waals surface area contributed by atoms with Crippen LogP contribution in [0.3, 0.4) is 0 Å². The Morgan fingerprint density at radius 1 is 1.07 bits per heavy atom. The number of benzene rings is 2. The zero-order valence-corrected chi connectivity index (χ0v) is 18.0. The standard InChI is InChI=1S/C23H27N5O2/c1-15(2)19-8-6-7-9-20(19)28-16(3)25-21(26-28)22(29)24-14-17-10-12-18(13-11-17)23(30)27(4)5/h6-13,15H,14H2,1-5H3,(H,24,29). The van der Waals surface area contributed by atoms with E-state index in [2.05, 4.69) is 35.3 Å². The molecule has 30 heavy (non-hydrogen) atoms. The van der Waals surface area contributed by atoms with Crippen LogP contribution in [0.25, 0.3) is 5.69 Å². The molecule has 1 heterocycles. The molecule has 0 saturated heterocycles. The highest BCUT2D eigenvalue weighted by Crippen LogP contribution is 2.23. The predicted octanol–water partition coefficient (Wildman–Crippen LogP) is 3.33. The van der Waals surface area contributed by atoms with E-state index in [1.165, 1.54) is 4.90 Å². The number of carbonyl (C=O) groups is 2. The second-order valence-electron chi connectivity index (χ2n) is 7.69. The molecule has 0 radical (unpaired) electrons. The minimum absolute atomic E-state index is 0.0579. The molecule has 0 aliphatic rings. The van der Waals surface area contributed by atoms with Crippen molar-refractivity contribution in [3.8, 4) is 5.69 Å². The molecule has 0 saturated carbocycles. The smallest absolute Gasteiger partial charge is 0.291 e. The Hall–Kier alpha value is -3.48. The molecule has 2 aromatic carbocycles. The summed E-state index contributed by atoms with van der Waals surface area (Å²) < 4.78 is 1.71. The molecule has 156 valence electrons. The van der Waals surface area contributed by atoms with Gasteiger partial charge in [-0.1, -0.05) is 44.2 Å². The second kappa shape index (κ2) is 8.90. The van der Waals surface area contributed by atoms with Gasteiger partial charge in [-0.25, -0.2) is 9.67 Å². The van der Waals surface area contributed by atoms with Gasteiger partial charge in [0.25, 0.3) is 11.8 Å². The summed E-state index contributed by atoms with van der Waals surface area (Å²) >= 11 is 0. The van der Waals surface area contributed by atoms with Gasteiger partial charge in [0.05, 0.1) is 5.69 Å². The van der Waals surface area contributed by atoms with Gasteiger partial charge < -0.3 is 10.2 Å². The maximum atomic E-state index is 12.6. The lowest BCUT2D eigenvalue weighted by Crippen LogP contribution is -2.24. The first-order valence-electron chi connectivity index (χ1n) is 9.89. The summed E-state index contributed by atoms with van der Waals surface area (Å²) in [5.41, 5.74) is 3.57. The first-order chi connectivity index (χ1) is 14.3. The Morgan fingerprint density at radius 2 is 1.73 bits per heavy atom. The summed E-state index contributed by atoms with van der Waals surface area (Å²) in [6.07, 6.45) is 0. The normalized spacial score (nSPS) is 10.9. The number of nitrogens with one attached hydrogen (secondary N) is 1. The van der Waals surface area contributed by atoms with E-state index in [1.54, 1.807) is 30.9 Å². The van der Waals surface area contributed by atoms with Crippen molar-refractivity contribution in [2.75, 3.05) is 14.1 Å². The molecule has 0 fully saturated rings. The second-order valence-corrected chi connectivity index (χ2v) is 7.69. The molecule has 0 aliphatic heterocycles. The highest BCUT2D eigenvalue weighted by atomic mass is 16.2. The zero-order valence-electron chi connectivity index (χ0n) is 18.0. The molecular weight excluding hydrogens is 378 g/mol. The van der Waals surface area contributed by atoms with Gasteiger partial charge in [-0.15, -0.1) is 5.10 Å². The molecule has 1 N–H and O–H groups in total. The van der Waals surface area contributed by atoms with Crippen LogP contribution in [-0.4, -0.2) is 45.6 Å². The van der Waals surface area contributed by atoms with E-state index in [-0.39, 0.29) is 17.6 Å². The molecular formula is C23H27N5O2. The number of carbonyl (C=O) groups excluding carboxylic acids is 2. The monoisotopic (exact) mass is 405 g/mol. The van der Waals surface area contributed by atoms with Crippen molar-refractivity contribution < 1.29 is 9.59 Å². The van der Waals surface area contributed by atoms with Crippen LogP contribution >= 0.6 is 0 Å². The van der Waals surface area contributed by atoms with Crippen molar-refractivity contribution in [1.82, 2.24) is 25.0 Å². The molecule has 7 nitrogen and oxygen atoms in total. The third kappa shape index (κ3) is 4.56. The minimum Gasteiger partial charge on any atom is -0.345 e. The van der Waals surface area contributed by atoms with Crippen LogP contribution in [0.4, 0.5) is 0 Å². The first-order valence-corrected chi connectivity index (χ1v) is 9.89. The topological polar surface area (TPSA) is 80.1 Å². The molecule has 0 unspecified atom stereocenters. The third-order valence-corrected chi connectivity index (χ3v) is 4.82. The lowest BCUT2D eigenvalue weighted by atomic mass is 10.0. The van der Waals surface area contributed by atoms with Crippen molar-refractivity contribution in [2.24, 2.45) is 0 Å². The first kappa shape index (κ1) is 21.2. The summed E-state index contributed by atoms with van der Waals surface area (Å²) in [5.74, 6) is 0.708. The number of hydrogen-bond acceptors (Lipinski definition) is 4. The van der Waals surface area contributed by atoms with Crippen LogP contribution in [0.2, 0.25) is 0 Å². The van der Waals surface area contributed by atoms with E-state index < -0.39 is 0 Å². The number of aromatic nitrogens is 3. The third-order valence-electron chi connectivity index (χ3n) is 4.82. The van der Waals surface area contributed by atoms with Crippen LogP contribution in [-0.2, 0) is 6.54 Å². The van der Waals surface area contributed by atoms with Gasteiger partial charge in [0.1, 0.15) is 5.82 Å². The summed E-state index contributed by atoms with van der Waals surface area (Å²) in [6.45, 7) is 6.40. The Balaban J connectivity index is 1.72. The van der Waals surface area contributed by atoms with E-state index in [0.29, 0.717) is 23.9 Å². The summed E-state index contributed by atoms with van der Waals surface area (Å²) in [7, 11) is 3.42.